The number of carbonyl (C=O) groups is 1. The molecule has 2 aliphatic heterocycles. The van der Waals surface area contributed by atoms with E-state index in [2.05, 4.69) is 17.1 Å². The maximum absolute atomic E-state index is 12.0. The third kappa shape index (κ3) is 2.88. The molecule has 1 unspecified atom stereocenters. The number of rotatable bonds is 3. The van der Waals surface area contributed by atoms with Gasteiger partial charge in [0.15, 0.2) is 0 Å². The van der Waals surface area contributed by atoms with E-state index in [1.807, 2.05) is 11.8 Å². The smallest absolute Gasteiger partial charge is 0.223 e. The second-order valence-electron chi connectivity index (χ2n) is 4.47. The van der Waals surface area contributed by atoms with E-state index in [1.54, 1.807) is 0 Å². The van der Waals surface area contributed by atoms with Gasteiger partial charge in [-0.1, -0.05) is 6.92 Å². The predicted molar refractivity (Wildman–Crippen MR) is 64.1 cm³/mol. The van der Waals surface area contributed by atoms with Crippen molar-refractivity contribution in [2.45, 2.75) is 25.0 Å². The van der Waals surface area contributed by atoms with Gasteiger partial charge in [-0.05, 0) is 25.4 Å². The van der Waals surface area contributed by atoms with Crippen molar-refractivity contribution in [2.24, 2.45) is 5.92 Å². The Hall–Kier alpha value is -0.220. The number of carbonyl (C=O) groups excluding carboxylic acids is 1. The van der Waals surface area contributed by atoms with Gasteiger partial charge in [0.2, 0.25) is 5.91 Å². The SMILES string of the molecule is CCC1CN(C(=O)CC2CNC2)CCS1. The summed E-state index contributed by atoms with van der Waals surface area (Å²) in [6.07, 6.45) is 1.94. The molecule has 4 heteroatoms. The molecule has 1 amide bonds. The first-order valence-corrected chi connectivity index (χ1v) is 6.94. The number of amides is 1. The van der Waals surface area contributed by atoms with Crippen LogP contribution < -0.4 is 5.32 Å². The lowest BCUT2D eigenvalue weighted by molar-refractivity contribution is -0.132. The van der Waals surface area contributed by atoms with Gasteiger partial charge < -0.3 is 10.2 Å². The van der Waals surface area contributed by atoms with E-state index in [4.69, 9.17) is 0 Å². The first-order valence-electron chi connectivity index (χ1n) is 5.89. The molecule has 2 saturated heterocycles. The van der Waals surface area contributed by atoms with Crippen LogP contribution in [-0.4, -0.2) is 48.0 Å². The zero-order valence-electron chi connectivity index (χ0n) is 9.37. The normalized spacial score (nSPS) is 27.5. The third-order valence-electron chi connectivity index (χ3n) is 3.28. The minimum Gasteiger partial charge on any atom is -0.341 e. The molecule has 2 aliphatic rings. The van der Waals surface area contributed by atoms with E-state index in [0.29, 0.717) is 17.1 Å². The molecule has 1 atom stereocenters. The van der Waals surface area contributed by atoms with Crippen molar-refractivity contribution in [3.8, 4) is 0 Å². The molecule has 0 radical (unpaired) electrons. The Balaban J connectivity index is 1.78. The summed E-state index contributed by atoms with van der Waals surface area (Å²) in [5.74, 6) is 2.10. The Morgan fingerprint density at radius 3 is 2.93 bits per heavy atom. The lowest BCUT2D eigenvalue weighted by atomic mass is 9.98. The molecule has 2 fully saturated rings. The molecule has 2 rings (SSSR count). The third-order valence-corrected chi connectivity index (χ3v) is 4.65. The molecule has 3 nitrogen and oxygen atoms in total. The van der Waals surface area contributed by atoms with Crippen LogP contribution in [0.3, 0.4) is 0 Å². The zero-order chi connectivity index (χ0) is 10.7. The van der Waals surface area contributed by atoms with Gasteiger partial charge in [0.05, 0.1) is 0 Å². The fourth-order valence-corrected chi connectivity index (χ4v) is 3.24. The molecule has 0 aliphatic carbocycles. The molecule has 2 heterocycles. The van der Waals surface area contributed by atoms with Crippen LogP contribution in [0.25, 0.3) is 0 Å². The van der Waals surface area contributed by atoms with Crippen LogP contribution in [0.4, 0.5) is 0 Å². The highest BCUT2D eigenvalue weighted by Crippen LogP contribution is 2.22. The van der Waals surface area contributed by atoms with E-state index >= 15 is 0 Å². The largest absolute Gasteiger partial charge is 0.341 e. The fraction of sp³-hybridized carbons (Fsp3) is 0.909. The number of nitrogens with one attached hydrogen (secondary N) is 1. The first-order chi connectivity index (χ1) is 7.29. The van der Waals surface area contributed by atoms with Gasteiger partial charge >= 0.3 is 0 Å². The predicted octanol–water partition coefficient (Wildman–Crippen LogP) is 0.950. The topological polar surface area (TPSA) is 32.3 Å². The van der Waals surface area contributed by atoms with Crippen molar-refractivity contribution >= 4 is 17.7 Å². The molecule has 86 valence electrons. The molecular formula is C11H20N2OS. The van der Waals surface area contributed by atoms with Gasteiger partial charge in [-0.15, -0.1) is 0 Å². The van der Waals surface area contributed by atoms with Crippen molar-refractivity contribution in [1.82, 2.24) is 10.2 Å². The number of hydrogen-bond donors (Lipinski definition) is 1. The number of hydrogen-bond acceptors (Lipinski definition) is 3. The zero-order valence-corrected chi connectivity index (χ0v) is 10.2. The minimum atomic E-state index is 0.375. The Morgan fingerprint density at radius 1 is 1.53 bits per heavy atom. The van der Waals surface area contributed by atoms with E-state index in [-0.39, 0.29) is 0 Å². The highest BCUT2D eigenvalue weighted by Gasteiger charge is 2.26. The summed E-state index contributed by atoms with van der Waals surface area (Å²) in [5.41, 5.74) is 0. The summed E-state index contributed by atoms with van der Waals surface area (Å²) in [5, 5.41) is 3.88. The Kier molecular flexibility index (Phi) is 3.92. The molecule has 15 heavy (non-hydrogen) atoms. The maximum atomic E-state index is 12.0. The van der Waals surface area contributed by atoms with Gasteiger partial charge in [0.25, 0.3) is 0 Å². The van der Waals surface area contributed by atoms with E-state index in [9.17, 15) is 4.79 Å². The minimum absolute atomic E-state index is 0.375. The second-order valence-corrected chi connectivity index (χ2v) is 5.88. The Bertz CT molecular complexity index is 231. The number of thioether (sulfide) groups is 1. The summed E-state index contributed by atoms with van der Waals surface area (Å²) >= 11 is 2.02. The Labute approximate surface area is 96.0 Å². The molecule has 0 saturated carbocycles. The Morgan fingerprint density at radius 2 is 2.33 bits per heavy atom. The second kappa shape index (κ2) is 5.21. The fourth-order valence-electron chi connectivity index (χ4n) is 2.06. The summed E-state index contributed by atoms with van der Waals surface area (Å²) in [6.45, 7) is 6.21. The van der Waals surface area contributed by atoms with Gasteiger partial charge in [0, 0.05) is 30.5 Å². The van der Waals surface area contributed by atoms with Gasteiger partial charge in [0.1, 0.15) is 0 Å². The van der Waals surface area contributed by atoms with Crippen molar-refractivity contribution in [3.63, 3.8) is 0 Å². The molecular weight excluding hydrogens is 208 g/mol. The average molecular weight is 228 g/mol. The highest BCUT2D eigenvalue weighted by molar-refractivity contribution is 8.00. The lowest BCUT2D eigenvalue weighted by Gasteiger charge is -2.34. The van der Waals surface area contributed by atoms with Gasteiger partial charge in [-0.25, -0.2) is 0 Å². The van der Waals surface area contributed by atoms with Crippen molar-refractivity contribution in [2.75, 3.05) is 31.9 Å². The first kappa shape index (κ1) is 11.3. The molecule has 0 aromatic rings. The van der Waals surface area contributed by atoms with E-state index in [1.165, 1.54) is 6.42 Å². The van der Waals surface area contributed by atoms with Crippen LogP contribution in [0, 0.1) is 5.92 Å². The lowest BCUT2D eigenvalue weighted by Crippen LogP contribution is -2.47. The summed E-state index contributed by atoms with van der Waals surface area (Å²) in [7, 11) is 0. The summed E-state index contributed by atoms with van der Waals surface area (Å²) in [6, 6.07) is 0. The molecule has 0 aromatic heterocycles. The monoisotopic (exact) mass is 228 g/mol. The van der Waals surface area contributed by atoms with Crippen LogP contribution >= 0.6 is 11.8 Å². The van der Waals surface area contributed by atoms with Gasteiger partial charge in [-0.3, -0.25) is 4.79 Å². The van der Waals surface area contributed by atoms with Crippen molar-refractivity contribution < 1.29 is 4.79 Å². The van der Waals surface area contributed by atoms with Crippen LogP contribution in [0.2, 0.25) is 0 Å². The highest BCUT2D eigenvalue weighted by atomic mass is 32.2. The van der Waals surface area contributed by atoms with Crippen LogP contribution in [-0.2, 0) is 4.79 Å². The molecule has 0 spiro atoms. The average Bonchev–Trinajstić information content (AvgIpc) is 2.23. The van der Waals surface area contributed by atoms with Crippen LogP contribution in [0.15, 0.2) is 0 Å². The van der Waals surface area contributed by atoms with E-state index < -0.39 is 0 Å². The molecule has 1 N–H and O–H groups in total. The molecule has 0 bridgehead atoms. The summed E-state index contributed by atoms with van der Waals surface area (Å²) in [4.78, 5) is 14.0. The number of nitrogens with zero attached hydrogens (tertiary/aromatic N) is 1. The summed E-state index contributed by atoms with van der Waals surface area (Å²) < 4.78 is 0. The molecule has 0 aromatic carbocycles. The van der Waals surface area contributed by atoms with Crippen molar-refractivity contribution in [1.29, 1.82) is 0 Å². The van der Waals surface area contributed by atoms with Crippen LogP contribution in [0.5, 0.6) is 0 Å². The van der Waals surface area contributed by atoms with E-state index in [0.717, 1.165) is 38.4 Å². The van der Waals surface area contributed by atoms with Crippen molar-refractivity contribution in [3.05, 3.63) is 0 Å². The quantitative estimate of drug-likeness (QED) is 0.780. The standard InChI is InChI=1S/C11H20N2OS/c1-2-10-8-13(3-4-15-10)11(14)5-9-6-12-7-9/h9-10,12H,2-8H2,1H3. The maximum Gasteiger partial charge on any atom is 0.223 e. The van der Waals surface area contributed by atoms with Gasteiger partial charge in [-0.2, -0.15) is 11.8 Å². The van der Waals surface area contributed by atoms with Crippen LogP contribution in [0.1, 0.15) is 19.8 Å².